The van der Waals surface area contributed by atoms with Crippen LogP contribution in [0.3, 0.4) is 0 Å². The van der Waals surface area contributed by atoms with Crippen molar-refractivity contribution in [3.8, 4) is 0 Å². The van der Waals surface area contributed by atoms with Crippen LogP contribution in [-0.2, 0) is 67.1 Å². The van der Waals surface area contributed by atoms with Gasteiger partial charge in [-0.25, -0.2) is 0 Å². The highest BCUT2D eigenvalue weighted by Gasteiger charge is 2.31. The highest BCUT2D eigenvalue weighted by atomic mass is 16.4. The third-order valence-electron chi connectivity index (χ3n) is 20.3. The fourth-order valence-corrected chi connectivity index (χ4v) is 13.2. The third kappa shape index (κ3) is 69.6. The maximum absolute atomic E-state index is 14.2. The molecule has 0 aliphatic carbocycles. The van der Waals surface area contributed by atoms with Gasteiger partial charge in [-0.1, -0.05) is 32.1 Å². The lowest BCUT2D eigenvalue weighted by Crippen LogP contribution is -2.54. The van der Waals surface area contributed by atoms with Gasteiger partial charge in [-0.3, -0.25) is 110 Å². The van der Waals surface area contributed by atoms with E-state index in [9.17, 15) is 67.1 Å². The molecule has 48 N–H and O–H groups in total. The number of aliphatic carboxylic acids is 1. The van der Waals surface area contributed by atoms with E-state index in [0.29, 0.717) is 135 Å². The van der Waals surface area contributed by atoms with Crippen molar-refractivity contribution in [2.75, 3.05) is 91.6 Å². The fourth-order valence-electron chi connectivity index (χ4n) is 13.2. The Hall–Kier alpha value is -13.3. The standard InChI is InChI=1S/C81H158N38O15/c82-52(24-16-43-105-74(83)84)66(127)100-38-11-2-7-34-62(122)114-57(29-21-48-110-79(93)94)71(132)117-55(27-19-46-108-77(89)90)69(130)103-41-14-4-9-36-64(124)116-59(31-23-50-112-81(97)98)73(134)119-56(28-20-47-109-78(91)92)70(131)104-42-15-5-10-35-63(123)115-58(30-22-49-111-80(95)96)72(133)118-54(26-18-45-107-76(87)88)68(129)102-40-13-3-8-33-61(121)113-53(25-17-44-106-75(85)86)67(128)101-39-12-1-6-32-60(120)99-51-37-65(125)126/h52-59H,1-51,82H2,(H,99,120)(H,100,127)(H,101,128)(H,102,129)(H,103,130)(H,104,131)(H,113,121)(H,114,122)(H,115,123)(H,116,124)(H,117,132)(H,118,133)(H,119,134)(H,125,126)(H4,83,84,105)(H4,85,86,106)(H4,87,88,107)(H4,89,90,108)(H4,91,92,109)(H4,93,94,110)(H4,95,96,111)(H4,97,98,112)/t52-,53-,54-,55-,56-,57-,58-,59-/m0/s1. The molecule has 0 saturated carbocycles. The number of hydrogen-bond donors (Lipinski definition) is 39. The second-order valence-electron chi connectivity index (χ2n) is 32.1. The van der Waals surface area contributed by atoms with Gasteiger partial charge in [0.1, 0.15) is 42.3 Å². The van der Waals surface area contributed by atoms with Crippen LogP contribution in [0.25, 0.3) is 0 Å². The second kappa shape index (κ2) is 76.3. The molecule has 0 heterocycles. The second-order valence-corrected chi connectivity index (χ2v) is 32.1. The number of unbranched alkanes of at least 4 members (excludes halogenated alkanes) is 10. The number of hydrogen-bond acceptors (Lipinski definition) is 23. The van der Waals surface area contributed by atoms with E-state index < -0.39 is 119 Å². The minimum absolute atomic E-state index is 0.0294. The topological polar surface area (TPSA) is 937 Å². The van der Waals surface area contributed by atoms with Crippen molar-refractivity contribution in [1.82, 2.24) is 112 Å². The molecule has 0 bridgehead atoms. The van der Waals surface area contributed by atoms with Crippen molar-refractivity contribution in [2.45, 2.75) is 286 Å². The summed E-state index contributed by atoms with van der Waals surface area (Å²) in [5.41, 5.74) is 49.6. The number of guanidine groups is 8. The molecule has 0 saturated heterocycles. The van der Waals surface area contributed by atoms with Crippen LogP contribution < -0.4 is 163 Å². The van der Waals surface area contributed by atoms with E-state index >= 15 is 0 Å². The van der Waals surface area contributed by atoms with Crippen molar-refractivity contribution in [1.29, 1.82) is 43.3 Å². The maximum Gasteiger partial charge on any atom is 0.305 e. The van der Waals surface area contributed by atoms with Crippen molar-refractivity contribution >= 4 is 130 Å². The molecule has 134 heavy (non-hydrogen) atoms. The van der Waals surface area contributed by atoms with Crippen LogP contribution in [-0.4, -0.2) is 276 Å². The number of nitrogens with two attached hydrogens (primary N) is 9. The predicted octanol–water partition coefficient (Wildman–Crippen LogP) is -7.21. The van der Waals surface area contributed by atoms with Crippen LogP contribution >= 0.6 is 0 Å². The zero-order valence-electron chi connectivity index (χ0n) is 77.5. The highest BCUT2D eigenvalue weighted by Crippen LogP contribution is 2.13. The van der Waals surface area contributed by atoms with Crippen molar-refractivity contribution in [3.63, 3.8) is 0 Å². The lowest BCUT2D eigenvalue weighted by molar-refractivity contribution is -0.137. The quantitative estimate of drug-likeness (QED) is 0.0153. The van der Waals surface area contributed by atoms with Gasteiger partial charge < -0.3 is 168 Å². The number of carbonyl (C=O) groups is 14. The maximum atomic E-state index is 14.2. The summed E-state index contributed by atoms with van der Waals surface area (Å²) < 4.78 is 0. The van der Waals surface area contributed by atoms with Gasteiger partial charge in [0.15, 0.2) is 47.7 Å². The molecule has 0 unspecified atom stereocenters. The zero-order chi connectivity index (χ0) is 100. The van der Waals surface area contributed by atoms with Crippen LogP contribution in [0.5, 0.6) is 0 Å². The molecule has 53 nitrogen and oxygen atoms in total. The summed E-state index contributed by atoms with van der Waals surface area (Å²) in [6.07, 6.45) is 10.2. The lowest BCUT2D eigenvalue weighted by Gasteiger charge is -2.24. The van der Waals surface area contributed by atoms with Crippen LogP contribution in [0, 0.1) is 43.3 Å². The van der Waals surface area contributed by atoms with Gasteiger partial charge in [0.05, 0.1) is 12.5 Å². The molecule has 0 aliphatic heterocycles. The largest absolute Gasteiger partial charge is 0.481 e. The highest BCUT2D eigenvalue weighted by molar-refractivity contribution is 5.95. The van der Waals surface area contributed by atoms with E-state index in [-0.39, 0.29) is 254 Å². The summed E-state index contributed by atoms with van der Waals surface area (Å²) in [6, 6.07) is -8.46. The molecule has 0 aromatic carbocycles. The average Bonchev–Trinajstić information content (AvgIpc) is 0.862. The number of carbonyl (C=O) groups excluding carboxylic acids is 13. The van der Waals surface area contributed by atoms with Crippen LogP contribution in [0.1, 0.15) is 238 Å². The molecule has 8 atom stereocenters. The molecule has 53 heteroatoms. The molecule has 0 aromatic rings. The SMILES string of the molecule is N=C(N)NCCC[C@H](NC(=O)CCCCCNC(=O)[C@H](CCCNC(=N)N)NC(=O)[C@H](CCCNC(=N)N)NC(=O)CCCCCNC(=O)[C@H](CCCNC(=N)N)NC(=O)[C@H](CCCNC(=N)N)NC(=O)CCCCCNC(=O)[C@H](CCCNC(=N)N)NC(=O)[C@H](CCCNC(=N)N)NC(=O)CCCCCNC(=O)[C@@H](N)CCCNC(=N)N)C(=O)NCCCCCC(=O)NCCC(=O)O. The third-order valence-corrected chi connectivity index (χ3v) is 20.3. The van der Waals surface area contributed by atoms with Gasteiger partial charge in [0.2, 0.25) is 76.8 Å². The molecule has 0 rings (SSSR count). The van der Waals surface area contributed by atoms with E-state index in [1.54, 1.807) is 0 Å². The Morgan fingerprint density at radius 1 is 0.187 bits per heavy atom. The van der Waals surface area contributed by atoms with Crippen LogP contribution in [0.15, 0.2) is 0 Å². The normalized spacial score (nSPS) is 12.5. The smallest absolute Gasteiger partial charge is 0.305 e. The summed E-state index contributed by atoms with van der Waals surface area (Å²) >= 11 is 0. The molecule has 0 aliphatic rings. The van der Waals surface area contributed by atoms with Crippen molar-refractivity contribution in [3.05, 3.63) is 0 Å². The molecule has 0 spiro atoms. The predicted molar refractivity (Wildman–Crippen MR) is 507 cm³/mol. The Morgan fingerprint density at radius 3 is 0.575 bits per heavy atom. The lowest BCUT2D eigenvalue weighted by atomic mass is 10.1. The van der Waals surface area contributed by atoms with Gasteiger partial charge in [-0.15, -0.1) is 0 Å². The molecule has 0 radical (unpaired) electrons. The zero-order valence-corrected chi connectivity index (χ0v) is 77.5. The number of carboxylic acid groups (broad SMARTS) is 1. The van der Waals surface area contributed by atoms with E-state index in [4.69, 9.17) is 100.0 Å². The molecule has 0 fully saturated rings. The minimum Gasteiger partial charge on any atom is -0.481 e. The summed E-state index contributed by atoms with van der Waals surface area (Å²) in [5.74, 6) is -9.89. The summed E-state index contributed by atoms with van der Waals surface area (Å²) in [6.45, 7) is 2.74. The van der Waals surface area contributed by atoms with E-state index in [1.807, 2.05) is 0 Å². The monoisotopic (exact) mass is 1900 g/mol. The first-order valence-electron chi connectivity index (χ1n) is 46.1. The average molecular weight is 1900 g/mol. The van der Waals surface area contributed by atoms with Gasteiger partial charge >= 0.3 is 5.97 Å². The van der Waals surface area contributed by atoms with Gasteiger partial charge in [-0.2, -0.15) is 0 Å². The molecule has 0 aromatic heterocycles. The van der Waals surface area contributed by atoms with Gasteiger partial charge in [-0.05, 0) is 167 Å². The first-order chi connectivity index (χ1) is 63.8. The van der Waals surface area contributed by atoms with Gasteiger partial charge in [0, 0.05) is 124 Å². The molecular weight excluding hydrogens is 1750 g/mol. The van der Waals surface area contributed by atoms with Crippen LogP contribution in [0.2, 0.25) is 0 Å². The summed E-state index contributed by atoms with van der Waals surface area (Å²) in [4.78, 5) is 186. The molecular formula is C81H158N38O15. The van der Waals surface area contributed by atoms with E-state index in [2.05, 4.69) is 112 Å². The first kappa shape index (κ1) is 121. The van der Waals surface area contributed by atoms with E-state index in [0.717, 1.165) is 0 Å². The Morgan fingerprint density at radius 2 is 0.366 bits per heavy atom. The Balaban J connectivity index is 6.01. The minimum atomic E-state index is -1.17. The number of nitrogens with one attached hydrogen (secondary N) is 29. The summed E-state index contributed by atoms with van der Waals surface area (Å²) in [5, 5.41) is 126. The number of rotatable bonds is 80. The molecule has 762 valence electrons. The van der Waals surface area contributed by atoms with Crippen LogP contribution in [0.4, 0.5) is 0 Å². The fraction of sp³-hybridized carbons (Fsp3) is 0.728. The Bertz CT molecular complexity index is 3660. The van der Waals surface area contributed by atoms with Crippen molar-refractivity contribution in [2.24, 2.45) is 51.6 Å². The van der Waals surface area contributed by atoms with Gasteiger partial charge in [0.25, 0.3) is 0 Å². The van der Waals surface area contributed by atoms with E-state index in [1.165, 1.54) is 0 Å². The Kier molecular flexibility index (Phi) is 68.7. The number of amides is 13. The van der Waals surface area contributed by atoms with Crippen molar-refractivity contribution < 1.29 is 72.2 Å². The summed E-state index contributed by atoms with van der Waals surface area (Å²) in [7, 11) is 0. The Labute approximate surface area is 783 Å². The molecule has 13 amide bonds. The number of carboxylic acids is 1. The first-order valence-corrected chi connectivity index (χ1v) is 46.1.